The first-order valence-corrected chi connectivity index (χ1v) is 5.54. The van der Waals surface area contributed by atoms with Crippen molar-refractivity contribution >= 4 is 5.69 Å². The predicted octanol–water partition coefficient (Wildman–Crippen LogP) is 4.13. The van der Waals surface area contributed by atoms with E-state index in [1.165, 1.54) is 5.56 Å². The average molecular weight is 221 g/mol. The highest BCUT2D eigenvalue weighted by molar-refractivity contribution is 5.34. The second-order valence-corrected chi connectivity index (χ2v) is 5.51. The van der Waals surface area contributed by atoms with Gasteiger partial charge in [-0.2, -0.15) is 0 Å². The van der Waals surface area contributed by atoms with Gasteiger partial charge in [-0.25, -0.2) is 0 Å². The SMILES string of the molecule is CC(CC(C)(C)C)c1ccc([N+](=O)[O-])cc1. The van der Waals surface area contributed by atoms with Crippen molar-refractivity contribution in [1.82, 2.24) is 0 Å². The van der Waals surface area contributed by atoms with Crippen molar-refractivity contribution in [2.75, 3.05) is 0 Å². The zero-order valence-electron chi connectivity index (χ0n) is 10.4. The zero-order valence-corrected chi connectivity index (χ0v) is 10.4. The van der Waals surface area contributed by atoms with Gasteiger partial charge in [0.2, 0.25) is 0 Å². The van der Waals surface area contributed by atoms with Gasteiger partial charge >= 0.3 is 0 Å². The van der Waals surface area contributed by atoms with Gasteiger partial charge in [0.05, 0.1) is 4.92 Å². The number of rotatable bonds is 3. The molecule has 88 valence electrons. The van der Waals surface area contributed by atoms with E-state index < -0.39 is 0 Å². The van der Waals surface area contributed by atoms with Crippen molar-refractivity contribution in [3.8, 4) is 0 Å². The quantitative estimate of drug-likeness (QED) is 0.568. The molecule has 1 atom stereocenters. The summed E-state index contributed by atoms with van der Waals surface area (Å²) in [5.41, 5.74) is 1.61. The summed E-state index contributed by atoms with van der Waals surface area (Å²) in [6, 6.07) is 6.87. The molecule has 0 fully saturated rings. The van der Waals surface area contributed by atoms with E-state index in [9.17, 15) is 10.1 Å². The van der Waals surface area contributed by atoms with Crippen LogP contribution in [0.3, 0.4) is 0 Å². The highest BCUT2D eigenvalue weighted by Crippen LogP contribution is 2.31. The van der Waals surface area contributed by atoms with Gasteiger partial charge in [-0.05, 0) is 23.3 Å². The summed E-state index contributed by atoms with van der Waals surface area (Å²) in [4.78, 5) is 10.2. The molecule has 0 amide bonds. The van der Waals surface area contributed by atoms with E-state index in [-0.39, 0.29) is 16.0 Å². The van der Waals surface area contributed by atoms with Gasteiger partial charge in [0.25, 0.3) is 5.69 Å². The molecule has 0 saturated heterocycles. The highest BCUT2D eigenvalue weighted by Gasteiger charge is 2.17. The molecule has 3 heteroatoms. The minimum atomic E-state index is -0.363. The number of hydrogen-bond acceptors (Lipinski definition) is 2. The first kappa shape index (κ1) is 12.7. The van der Waals surface area contributed by atoms with Gasteiger partial charge in [0.1, 0.15) is 0 Å². The summed E-state index contributed by atoms with van der Waals surface area (Å²) in [6.07, 6.45) is 1.07. The largest absolute Gasteiger partial charge is 0.269 e. The predicted molar refractivity (Wildman–Crippen MR) is 65.6 cm³/mol. The van der Waals surface area contributed by atoms with E-state index in [0.717, 1.165) is 6.42 Å². The monoisotopic (exact) mass is 221 g/mol. The average Bonchev–Trinajstić information content (AvgIpc) is 2.15. The van der Waals surface area contributed by atoms with E-state index >= 15 is 0 Å². The number of nitro groups is 1. The second kappa shape index (κ2) is 4.64. The lowest BCUT2D eigenvalue weighted by Gasteiger charge is -2.23. The molecule has 0 bridgehead atoms. The van der Waals surface area contributed by atoms with Gasteiger partial charge < -0.3 is 0 Å². The maximum Gasteiger partial charge on any atom is 0.269 e. The number of benzene rings is 1. The molecule has 0 radical (unpaired) electrons. The Kier molecular flexibility index (Phi) is 3.68. The number of nitro benzene ring substituents is 1. The molecule has 1 rings (SSSR count). The van der Waals surface area contributed by atoms with Crippen molar-refractivity contribution in [3.05, 3.63) is 39.9 Å². The Bertz CT molecular complexity index is 363. The van der Waals surface area contributed by atoms with Crippen LogP contribution in [0.15, 0.2) is 24.3 Å². The lowest BCUT2D eigenvalue weighted by molar-refractivity contribution is -0.384. The number of non-ortho nitro benzene ring substituents is 1. The van der Waals surface area contributed by atoms with Crippen molar-refractivity contribution in [3.63, 3.8) is 0 Å². The van der Waals surface area contributed by atoms with Crippen LogP contribution in [0.2, 0.25) is 0 Å². The second-order valence-electron chi connectivity index (χ2n) is 5.51. The minimum absolute atomic E-state index is 0.159. The Balaban J connectivity index is 2.78. The van der Waals surface area contributed by atoms with E-state index in [1.807, 2.05) is 12.1 Å². The Morgan fingerprint density at radius 3 is 2.12 bits per heavy atom. The summed E-state index contributed by atoms with van der Waals surface area (Å²) in [5, 5.41) is 10.5. The summed E-state index contributed by atoms with van der Waals surface area (Å²) in [7, 11) is 0. The molecule has 0 aromatic heterocycles. The van der Waals surface area contributed by atoms with Crippen LogP contribution in [0, 0.1) is 15.5 Å². The molecule has 0 heterocycles. The topological polar surface area (TPSA) is 43.1 Å². The first-order valence-electron chi connectivity index (χ1n) is 5.54. The maximum atomic E-state index is 10.5. The summed E-state index contributed by atoms with van der Waals surface area (Å²) in [6.45, 7) is 8.77. The molecule has 3 nitrogen and oxygen atoms in total. The Hall–Kier alpha value is -1.38. The fourth-order valence-corrected chi connectivity index (χ4v) is 1.96. The van der Waals surface area contributed by atoms with Crippen LogP contribution in [0.4, 0.5) is 5.69 Å². The molecular formula is C13H19NO2. The number of hydrogen-bond donors (Lipinski definition) is 0. The summed E-state index contributed by atoms with van der Waals surface area (Å²) < 4.78 is 0. The van der Waals surface area contributed by atoms with E-state index in [0.29, 0.717) is 5.92 Å². The van der Waals surface area contributed by atoms with Gasteiger partial charge in [0.15, 0.2) is 0 Å². The Labute approximate surface area is 96.6 Å². The van der Waals surface area contributed by atoms with Crippen LogP contribution in [-0.2, 0) is 0 Å². The molecule has 0 aliphatic carbocycles. The van der Waals surface area contributed by atoms with Gasteiger partial charge in [-0.1, -0.05) is 39.8 Å². The van der Waals surface area contributed by atoms with Gasteiger partial charge in [-0.15, -0.1) is 0 Å². The molecule has 0 saturated carbocycles. The van der Waals surface area contributed by atoms with Crippen LogP contribution < -0.4 is 0 Å². The minimum Gasteiger partial charge on any atom is -0.258 e. The van der Waals surface area contributed by atoms with Gasteiger partial charge in [-0.3, -0.25) is 10.1 Å². The molecule has 0 spiro atoms. The van der Waals surface area contributed by atoms with E-state index in [4.69, 9.17) is 0 Å². The standard InChI is InChI=1S/C13H19NO2/c1-10(9-13(2,3)4)11-5-7-12(8-6-11)14(15)16/h5-8,10H,9H2,1-4H3. The van der Waals surface area contributed by atoms with Crippen LogP contribution in [0.1, 0.15) is 45.6 Å². The zero-order chi connectivity index (χ0) is 12.3. The van der Waals surface area contributed by atoms with Gasteiger partial charge in [0, 0.05) is 12.1 Å². The van der Waals surface area contributed by atoms with Crippen molar-refractivity contribution < 1.29 is 4.92 Å². The van der Waals surface area contributed by atoms with Crippen LogP contribution >= 0.6 is 0 Å². The van der Waals surface area contributed by atoms with Crippen LogP contribution in [0.25, 0.3) is 0 Å². The van der Waals surface area contributed by atoms with Crippen molar-refractivity contribution in [1.29, 1.82) is 0 Å². The van der Waals surface area contributed by atoms with Crippen LogP contribution in [0.5, 0.6) is 0 Å². The van der Waals surface area contributed by atoms with E-state index in [2.05, 4.69) is 27.7 Å². The molecule has 0 N–H and O–H groups in total. The molecule has 1 aromatic rings. The van der Waals surface area contributed by atoms with E-state index in [1.54, 1.807) is 12.1 Å². The molecular weight excluding hydrogens is 202 g/mol. The molecule has 1 aromatic carbocycles. The molecule has 16 heavy (non-hydrogen) atoms. The normalized spacial score (nSPS) is 13.5. The Morgan fingerprint density at radius 2 is 1.75 bits per heavy atom. The maximum absolute atomic E-state index is 10.5. The fourth-order valence-electron chi connectivity index (χ4n) is 1.96. The lowest BCUT2D eigenvalue weighted by atomic mass is 9.82. The molecule has 1 unspecified atom stereocenters. The Morgan fingerprint density at radius 1 is 1.25 bits per heavy atom. The fraction of sp³-hybridized carbons (Fsp3) is 0.538. The smallest absolute Gasteiger partial charge is 0.258 e. The van der Waals surface area contributed by atoms with Crippen molar-refractivity contribution in [2.45, 2.75) is 40.0 Å². The first-order chi connectivity index (χ1) is 7.29. The third-order valence-electron chi connectivity index (χ3n) is 2.59. The molecule has 0 aliphatic rings. The third kappa shape index (κ3) is 3.65. The third-order valence-corrected chi connectivity index (χ3v) is 2.59. The number of nitrogens with zero attached hydrogens (tertiary/aromatic N) is 1. The molecule has 0 aliphatic heterocycles. The summed E-state index contributed by atoms with van der Waals surface area (Å²) >= 11 is 0. The summed E-state index contributed by atoms with van der Waals surface area (Å²) in [5.74, 6) is 0.431. The van der Waals surface area contributed by atoms with Crippen LogP contribution in [-0.4, -0.2) is 4.92 Å². The highest BCUT2D eigenvalue weighted by atomic mass is 16.6. The lowest BCUT2D eigenvalue weighted by Crippen LogP contribution is -2.09. The van der Waals surface area contributed by atoms with Crippen molar-refractivity contribution in [2.24, 2.45) is 5.41 Å².